The molecule has 0 radical (unpaired) electrons. The monoisotopic (exact) mass is 370 g/mol. The zero-order chi connectivity index (χ0) is 19.6. The fourth-order valence-electron chi connectivity index (χ4n) is 2.35. The third-order valence-electron chi connectivity index (χ3n) is 4.01. The van der Waals surface area contributed by atoms with Crippen LogP contribution in [0.25, 0.3) is 0 Å². The molecule has 0 unspecified atom stereocenters. The number of carbonyl (C=O) groups is 2. The average Bonchev–Trinajstić information content (AvgIpc) is 2.67. The largest absolute Gasteiger partial charge is 0.494 e. The molecule has 0 aliphatic carbocycles. The smallest absolute Gasteiger partial charge is 0.258 e. The van der Waals surface area contributed by atoms with Gasteiger partial charge in [-0.1, -0.05) is 6.07 Å². The van der Waals surface area contributed by atoms with Gasteiger partial charge in [0.15, 0.2) is 6.61 Å². The number of hydrogen-bond donors (Lipinski definition) is 2. The summed E-state index contributed by atoms with van der Waals surface area (Å²) >= 11 is 0. The molecule has 0 saturated heterocycles. The van der Waals surface area contributed by atoms with Gasteiger partial charge in [0, 0.05) is 18.7 Å². The van der Waals surface area contributed by atoms with Gasteiger partial charge in [0.1, 0.15) is 11.5 Å². The van der Waals surface area contributed by atoms with Crippen LogP contribution in [0.15, 0.2) is 42.5 Å². The van der Waals surface area contributed by atoms with Crippen LogP contribution in [0, 0.1) is 13.8 Å². The normalized spacial score (nSPS) is 10.2. The summed E-state index contributed by atoms with van der Waals surface area (Å²) in [6.45, 7) is 7.11. The Morgan fingerprint density at radius 3 is 2.19 bits per heavy atom. The Balaban J connectivity index is 1.65. The third-order valence-corrected chi connectivity index (χ3v) is 4.01. The second-order valence-corrected chi connectivity index (χ2v) is 6.10. The number of rotatable bonds is 9. The van der Waals surface area contributed by atoms with Crippen LogP contribution in [0.2, 0.25) is 0 Å². The van der Waals surface area contributed by atoms with Gasteiger partial charge in [0.25, 0.3) is 11.8 Å². The second-order valence-electron chi connectivity index (χ2n) is 6.10. The first-order valence-electron chi connectivity index (χ1n) is 8.97. The molecule has 2 amide bonds. The first-order valence-corrected chi connectivity index (χ1v) is 8.97. The van der Waals surface area contributed by atoms with E-state index >= 15 is 0 Å². The van der Waals surface area contributed by atoms with Crippen LogP contribution < -0.4 is 20.1 Å². The van der Waals surface area contributed by atoms with Crippen LogP contribution in [0.4, 0.5) is 0 Å². The van der Waals surface area contributed by atoms with E-state index < -0.39 is 0 Å². The van der Waals surface area contributed by atoms with Crippen LogP contribution in [0.5, 0.6) is 11.5 Å². The molecule has 2 rings (SSSR count). The lowest BCUT2D eigenvalue weighted by Crippen LogP contribution is -2.36. The van der Waals surface area contributed by atoms with E-state index in [1.165, 1.54) is 5.56 Å². The maximum atomic E-state index is 12.0. The van der Waals surface area contributed by atoms with Gasteiger partial charge in [0.05, 0.1) is 6.61 Å². The third kappa shape index (κ3) is 6.66. The van der Waals surface area contributed by atoms with E-state index in [2.05, 4.69) is 10.6 Å². The van der Waals surface area contributed by atoms with Gasteiger partial charge in [-0.05, 0) is 68.3 Å². The van der Waals surface area contributed by atoms with E-state index in [-0.39, 0.29) is 18.4 Å². The molecule has 6 heteroatoms. The average molecular weight is 370 g/mol. The Labute approximate surface area is 159 Å². The predicted octanol–water partition coefficient (Wildman–Crippen LogP) is 2.63. The molecule has 0 aromatic heterocycles. The van der Waals surface area contributed by atoms with Gasteiger partial charge >= 0.3 is 0 Å². The van der Waals surface area contributed by atoms with Gasteiger partial charge in [-0.2, -0.15) is 0 Å². The molecule has 0 spiro atoms. The van der Waals surface area contributed by atoms with Crippen LogP contribution in [-0.4, -0.2) is 38.1 Å². The molecule has 0 aliphatic heterocycles. The lowest BCUT2D eigenvalue weighted by molar-refractivity contribution is -0.123. The predicted molar refractivity (Wildman–Crippen MR) is 104 cm³/mol. The SMILES string of the molecule is CCOc1ccc(C(=O)NCCNC(=O)COc2ccc(C)c(C)c2)cc1. The molecule has 0 atom stereocenters. The number of amides is 2. The first kappa shape index (κ1) is 20.3. The minimum atomic E-state index is -0.233. The molecule has 0 bridgehead atoms. The molecule has 144 valence electrons. The molecule has 2 aromatic rings. The molecular weight excluding hydrogens is 344 g/mol. The second kappa shape index (κ2) is 10.2. The van der Waals surface area contributed by atoms with E-state index in [1.807, 2.05) is 39.0 Å². The van der Waals surface area contributed by atoms with Gasteiger partial charge in [0.2, 0.25) is 0 Å². The minimum Gasteiger partial charge on any atom is -0.494 e. The summed E-state index contributed by atoms with van der Waals surface area (Å²) in [7, 11) is 0. The summed E-state index contributed by atoms with van der Waals surface area (Å²) in [4.78, 5) is 23.9. The van der Waals surface area contributed by atoms with Gasteiger partial charge in [-0.15, -0.1) is 0 Å². The maximum absolute atomic E-state index is 12.0. The van der Waals surface area contributed by atoms with Crippen LogP contribution in [0.3, 0.4) is 0 Å². The number of hydrogen-bond acceptors (Lipinski definition) is 4. The molecule has 27 heavy (non-hydrogen) atoms. The number of nitrogens with one attached hydrogen (secondary N) is 2. The fourth-order valence-corrected chi connectivity index (χ4v) is 2.35. The van der Waals surface area contributed by atoms with Crippen molar-refractivity contribution in [3.63, 3.8) is 0 Å². The first-order chi connectivity index (χ1) is 13.0. The number of benzene rings is 2. The molecular formula is C21H26N2O4. The van der Waals surface area contributed by atoms with Gasteiger partial charge in [-0.25, -0.2) is 0 Å². The molecule has 2 N–H and O–H groups in total. The van der Waals surface area contributed by atoms with Crippen molar-refractivity contribution in [3.05, 3.63) is 59.2 Å². The Morgan fingerprint density at radius 2 is 1.52 bits per heavy atom. The van der Waals surface area contributed by atoms with E-state index in [1.54, 1.807) is 24.3 Å². The quantitative estimate of drug-likeness (QED) is 0.665. The molecule has 0 saturated carbocycles. The van der Waals surface area contributed by atoms with E-state index in [9.17, 15) is 9.59 Å². The molecule has 6 nitrogen and oxygen atoms in total. The summed E-state index contributed by atoms with van der Waals surface area (Å²) in [6, 6.07) is 12.6. The maximum Gasteiger partial charge on any atom is 0.258 e. The zero-order valence-electron chi connectivity index (χ0n) is 16.0. The van der Waals surface area contributed by atoms with Crippen LogP contribution in [-0.2, 0) is 4.79 Å². The highest BCUT2D eigenvalue weighted by Crippen LogP contribution is 2.16. The van der Waals surface area contributed by atoms with Crippen LogP contribution >= 0.6 is 0 Å². The standard InChI is InChI=1S/C21H26N2O4/c1-4-26-18-9-6-17(7-10-18)21(25)23-12-11-22-20(24)14-27-19-8-5-15(2)16(3)13-19/h5-10,13H,4,11-12,14H2,1-3H3,(H,22,24)(H,23,25). The van der Waals surface area contributed by atoms with Crippen molar-refractivity contribution in [2.45, 2.75) is 20.8 Å². The highest BCUT2D eigenvalue weighted by atomic mass is 16.5. The van der Waals surface area contributed by atoms with E-state index in [0.29, 0.717) is 31.0 Å². The number of carbonyl (C=O) groups excluding carboxylic acids is 2. The Hall–Kier alpha value is -3.02. The summed E-state index contributed by atoms with van der Waals surface area (Å²) in [6.07, 6.45) is 0. The van der Waals surface area contributed by atoms with Crippen molar-refractivity contribution in [2.24, 2.45) is 0 Å². The van der Waals surface area contributed by atoms with Gasteiger partial charge in [-0.3, -0.25) is 9.59 Å². The molecule has 2 aromatic carbocycles. The highest BCUT2D eigenvalue weighted by molar-refractivity contribution is 5.94. The topological polar surface area (TPSA) is 76.7 Å². The zero-order valence-corrected chi connectivity index (χ0v) is 16.0. The van der Waals surface area contributed by atoms with Crippen molar-refractivity contribution in [1.29, 1.82) is 0 Å². The van der Waals surface area contributed by atoms with Crippen LogP contribution in [0.1, 0.15) is 28.4 Å². The van der Waals surface area contributed by atoms with Crippen molar-refractivity contribution in [3.8, 4) is 11.5 Å². The fraction of sp³-hybridized carbons (Fsp3) is 0.333. The van der Waals surface area contributed by atoms with E-state index in [0.717, 1.165) is 11.3 Å². The summed E-state index contributed by atoms with van der Waals surface area (Å²) in [5.41, 5.74) is 2.84. The Bertz CT molecular complexity index is 772. The highest BCUT2D eigenvalue weighted by Gasteiger charge is 2.06. The Morgan fingerprint density at radius 1 is 0.852 bits per heavy atom. The van der Waals surface area contributed by atoms with Crippen molar-refractivity contribution < 1.29 is 19.1 Å². The summed E-state index contributed by atoms with van der Waals surface area (Å²) < 4.78 is 10.8. The number of ether oxygens (including phenoxy) is 2. The van der Waals surface area contributed by atoms with Gasteiger partial charge < -0.3 is 20.1 Å². The van der Waals surface area contributed by atoms with E-state index in [4.69, 9.17) is 9.47 Å². The summed E-state index contributed by atoms with van der Waals surface area (Å²) in [5, 5.41) is 5.47. The van der Waals surface area contributed by atoms with Crippen molar-refractivity contribution in [1.82, 2.24) is 10.6 Å². The molecule has 0 heterocycles. The molecule has 0 fully saturated rings. The summed E-state index contributed by atoms with van der Waals surface area (Å²) in [5.74, 6) is 0.962. The van der Waals surface area contributed by atoms with Crippen molar-refractivity contribution in [2.75, 3.05) is 26.3 Å². The molecule has 0 aliphatic rings. The lowest BCUT2D eigenvalue weighted by atomic mass is 10.1. The minimum absolute atomic E-state index is 0.0602. The lowest BCUT2D eigenvalue weighted by Gasteiger charge is -2.10. The van der Waals surface area contributed by atoms with Crippen molar-refractivity contribution >= 4 is 11.8 Å². The number of aryl methyl sites for hydroxylation is 2. The Kier molecular flexibility index (Phi) is 7.67.